The van der Waals surface area contributed by atoms with Crippen LogP contribution in [-0.4, -0.2) is 17.7 Å². The molecule has 0 aliphatic heterocycles. The van der Waals surface area contributed by atoms with Gasteiger partial charge in [0.05, 0.1) is 5.75 Å². The molecule has 0 bridgehead atoms. The summed E-state index contributed by atoms with van der Waals surface area (Å²) in [6, 6.07) is 20.9. The zero-order valence-corrected chi connectivity index (χ0v) is 13.8. The van der Waals surface area contributed by atoms with E-state index in [0.29, 0.717) is 5.75 Å². The van der Waals surface area contributed by atoms with Crippen molar-refractivity contribution in [1.82, 2.24) is 5.32 Å². The van der Waals surface area contributed by atoms with Crippen LogP contribution in [0.2, 0.25) is 0 Å². The van der Waals surface area contributed by atoms with E-state index in [1.807, 2.05) is 24.3 Å². The molecular formula is C19H23NOS. The molecule has 3 heteroatoms. The zero-order valence-electron chi connectivity index (χ0n) is 13.0. The molecule has 0 aromatic heterocycles. The third kappa shape index (κ3) is 6.35. The van der Waals surface area contributed by atoms with Gasteiger partial charge in [0, 0.05) is 11.8 Å². The maximum atomic E-state index is 11.9. The van der Waals surface area contributed by atoms with Crippen molar-refractivity contribution < 1.29 is 4.79 Å². The number of nitrogens with one attached hydrogen (secondary N) is 1. The van der Waals surface area contributed by atoms with Crippen molar-refractivity contribution in [3.05, 3.63) is 71.8 Å². The SMILES string of the molecule is CC(CCc1ccccc1)NC(=O)CSCc1ccccc1. The second-order valence-electron chi connectivity index (χ2n) is 5.47. The number of rotatable bonds is 8. The Labute approximate surface area is 137 Å². The van der Waals surface area contributed by atoms with Crippen LogP contribution in [0.25, 0.3) is 0 Å². The van der Waals surface area contributed by atoms with Gasteiger partial charge in [0.1, 0.15) is 0 Å². The predicted octanol–water partition coefficient (Wildman–Crippen LogP) is 4.06. The summed E-state index contributed by atoms with van der Waals surface area (Å²) in [5.41, 5.74) is 2.58. The summed E-state index contributed by atoms with van der Waals surface area (Å²) in [7, 11) is 0. The number of thioether (sulfide) groups is 1. The highest BCUT2D eigenvalue weighted by molar-refractivity contribution is 7.99. The summed E-state index contributed by atoms with van der Waals surface area (Å²) in [6.45, 7) is 2.07. The molecule has 0 radical (unpaired) electrons. The fourth-order valence-corrected chi connectivity index (χ4v) is 3.05. The monoisotopic (exact) mass is 313 g/mol. The van der Waals surface area contributed by atoms with Crippen molar-refractivity contribution in [1.29, 1.82) is 0 Å². The molecule has 1 N–H and O–H groups in total. The fraction of sp³-hybridized carbons (Fsp3) is 0.316. The van der Waals surface area contributed by atoms with Crippen LogP contribution < -0.4 is 5.32 Å². The van der Waals surface area contributed by atoms with E-state index in [4.69, 9.17) is 0 Å². The van der Waals surface area contributed by atoms with Crippen LogP contribution in [0, 0.1) is 0 Å². The second kappa shape index (κ2) is 9.31. The first kappa shape index (κ1) is 16.6. The van der Waals surface area contributed by atoms with Crippen LogP contribution in [0.4, 0.5) is 0 Å². The first-order valence-corrected chi connectivity index (χ1v) is 8.84. The van der Waals surface area contributed by atoms with Crippen molar-refractivity contribution in [2.24, 2.45) is 0 Å². The summed E-state index contributed by atoms with van der Waals surface area (Å²) in [4.78, 5) is 11.9. The maximum Gasteiger partial charge on any atom is 0.230 e. The predicted molar refractivity (Wildman–Crippen MR) is 95.0 cm³/mol. The van der Waals surface area contributed by atoms with E-state index < -0.39 is 0 Å². The van der Waals surface area contributed by atoms with Crippen LogP contribution in [0.15, 0.2) is 60.7 Å². The van der Waals surface area contributed by atoms with Crippen LogP contribution in [0.5, 0.6) is 0 Å². The maximum absolute atomic E-state index is 11.9. The number of amides is 1. The highest BCUT2D eigenvalue weighted by atomic mass is 32.2. The lowest BCUT2D eigenvalue weighted by molar-refractivity contribution is -0.119. The molecule has 1 atom stereocenters. The van der Waals surface area contributed by atoms with Crippen molar-refractivity contribution >= 4 is 17.7 Å². The van der Waals surface area contributed by atoms with E-state index in [1.165, 1.54) is 11.1 Å². The van der Waals surface area contributed by atoms with Crippen molar-refractivity contribution in [2.45, 2.75) is 31.6 Å². The van der Waals surface area contributed by atoms with E-state index in [1.54, 1.807) is 11.8 Å². The van der Waals surface area contributed by atoms with E-state index in [2.05, 4.69) is 48.6 Å². The molecule has 0 saturated heterocycles. The number of carbonyl (C=O) groups is 1. The molecule has 0 spiro atoms. The lowest BCUT2D eigenvalue weighted by atomic mass is 10.1. The lowest BCUT2D eigenvalue weighted by Gasteiger charge is -2.13. The second-order valence-corrected chi connectivity index (χ2v) is 6.46. The fourth-order valence-electron chi connectivity index (χ4n) is 2.25. The highest BCUT2D eigenvalue weighted by Gasteiger charge is 2.07. The zero-order chi connectivity index (χ0) is 15.6. The molecule has 22 heavy (non-hydrogen) atoms. The van der Waals surface area contributed by atoms with Crippen LogP contribution in [0.1, 0.15) is 24.5 Å². The molecule has 0 heterocycles. The van der Waals surface area contributed by atoms with Gasteiger partial charge in [-0.25, -0.2) is 0 Å². The third-order valence-electron chi connectivity index (χ3n) is 3.46. The number of aryl methyl sites for hydroxylation is 1. The van der Waals surface area contributed by atoms with Gasteiger partial charge in [-0.05, 0) is 30.9 Å². The van der Waals surface area contributed by atoms with Crippen molar-refractivity contribution in [3.8, 4) is 0 Å². The van der Waals surface area contributed by atoms with Gasteiger partial charge in [0.2, 0.25) is 5.91 Å². The van der Waals surface area contributed by atoms with Crippen molar-refractivity contribution in [2.75, 3.05) is 5.75 Å². The smallest absolute Gasteiger partial charge is 0.230 e. The van der Waals surface area contributed by atoms with Gasteiger partial charge in [-0.2, -0.15) is 0 Å². The Balaban J connectivity index is 1.62. The summed E-state index contributed by atoms with van der Waals surface area (Å²) >= 11 is 1.66. The number of hydrogen-bond donors (Lipinski definition) is 1. The lowest BCUT2D eigenvalue weighted by Crippen LogP contribution is -2.34. The highest BCUT2D eigenvalue weighted by Crippen LogP contribution is 2.11. The minimum Gasteiger partial charge on any atom is -0.353 e. The Morgan fingerprint density at radius 3 is 2.23 bits per heavy atom. The minimum atomic E-state index is 0.126. The van der Waals surface area contributed by atoms with Crippen molar-refractivity contribution in [3.63, 3.8) is 0 Å². The van der Waals surface area contributed by atoms with Gasteiger partial charge in [-0.15, -0.1) is 11.8 Å². The topological polar surface area (TPSA) is 29.1 Å². The molecule has 2 aromatic rings. The molecular weight excluding hydrogens is 290 g/mol. The van der Waals surface area contributed by atoms with Gasteiger partial charge in [0.15, 0.2) is 0 Å². The quantitative estimate of drug-likeness (QED) is 0.796. The van der Waals surface area contributed by atoms with Gasteiger partial charge < -0.3 is 5.32 Å². The van der Waals surface area contributed by atoms with Crippen LogP contribution in [-0.2, 0) is 17.0 Å². The van der Waals surface area contributed by atoms with Gasteiger partial charge >= 0.3 is 0 Å². The third-order valence-corrected chi connectivity index (χ3v) is 4.46. The first-order chi connectivity index (χ1) is 10.7. The molecule has 0 aliphatic carbocycles. The van der Waals surface area contributed by atoms with Gasteiger partial charge in [0.25, 0.3) is 0 Å². The molecule has 2 nitrogen and oxygen atoms in total. The summed E-state index contributed by atoms with van der Waals surface area (Å²) in [5.74, 6) is 1.53. The molecule has 0 fully saturated rings. The van der Waals surface area contributed by atoms with Crippen LogP contribution >= 0.6 is 11.8 Å². The normalized spacial score (nSPS) is 11.9. The number of benzene rings is 2. The standard InChI is InChI=1S/C19H23NOS/c1-16(12-13-17-8-4-2-5-9-17)20-19(21)15-22-14-18-10-6-3-7-11-18/h2-11,16H,12-15H2,1H3,(H,20,21). The van der Waals surface area contributed by atoms with Gasteiger partial charge in [-0.3, -0.25) is 4.79 Å². The van der Waals surface area contributed by atoms with E-state index in [9.17, 15) is 4.79 Å². The average Bonchev–Trinajstić information content (AvgIpc) is 2.55. The van der Waals surface area contributed by atoms with Gasteiger partial charge in [-0.1, -0.05) is 60.7 Å². The summed E-state index contributed by atoms with van der Waals surface area (Å²) < 4.78 is 0. The minimum absolute atomic E-state index is 0.126. The Morgan fingerprint density at radius 1 is 1.00 bits per heavy atom. The summed E-state index contributed by atoms with van der Waals surface area (Å²) in [6.07, 6.45) is 1.97. The molecule has 1 unspecified atom stereocenters. The largest absolute Gasteiger partial charge is 0.353 e. The molecule has 2 aromatic carbocycles. The Bertz CT molecular complexity index is 556. The molecule has 116 valence electrons. The van der Waals surface area contributed by atoms with Crippen LogP contribution in [0.3, 0.4) is 0 Å². The Morgan fingerprint density at radius 2 is 1.59 bits per heavy atom. The Kier molecular flexibility index (Phi) is 7.04. The molecule has 0 saturated carbocycles. The molecule has 1 amide bonds. The molecule has 2 rings (SSSR count). The average molecular weight is 313 g/mol. The summed E-state index contributed by atoms with van der Waals surface area (Å²) in [5, 5.41) is 3.08. The first-order valence-electron chi connectivity index (χ1n) is 7.69. The number of hydrogen-bond acceptors (Lipinski definition) is 2. The molecule has 0 aliphatic rings. The van der Waals surface area contributed by atoms with E-state index in [-0.39, 0.29) is 11.9 Å². The number of carbonyl (C=O) groups excluding carboxylic acids is 1. The van der Waals surface area contributed by atoms with E-state index >= 15 is 0 Å². The Hall–Kier alpha value is -1.74. The van der Waals surface area contributed by atoms with E-state index in [0.717, 1.165) is 18.6 Å².